The monoisotopic (exact) mass is 299 g/mol. The van der Waals surface area contributed by atoms with E-state index in [1.54, 1.807) is 37.6 Å². The van der Waals surface area contributed by atoms with E-state index in [9.17, 15) is 4.79 Å². The second-order valence-corrected chi connectivity index (χ2v) is 5.39. The summed E-state index contributed by atoms with van der Waals surface area (Å²) in [4.78, 5) is 16.4. The number of amides is 1. The summed E-state index contributed by atoms with van der Waals surface area (Å²) in [5.74, 6) is 1.90. The van der Waals surface area contributed by atoms with Gasteiger partial charge in [-0.05, 0) is 42.3 Å². The van der Waals surface area contributed by atoms with E-state index in [-0.39, 0.29) is 5.91 Å². The molecule has 0 aliphatic heterocycles. The number of nitrogens with zero attached hydrogens (tertiary/aromatic N) is 1. The maximum atomic E-state index is 12.1. The van der Waals surface area contributed by atoms with E-state index in [0.29, 0.717) is 17.2 Å². The maximum Gasteiger partial charge on any atom is 0.255 e. The number of hydrogen-bond donors (Lipinski definition) is 2. The van der Waals surface area contributed by atoms with Crippen LogP contribution in [0.4, 0.5) is 11.5 Å². The quantitative estimate of drug-likeness (QED) is 0.858. The zero-order chi connectivity index (χ0) is 15.9. The zero-order valence-corrected chi connectivity index (χ0v) is 13.1. The predicted octanol–water partition coefficient (Wildman–Crippen LogP) is 3.41. The number of benzene rings is 1. The number of carbonyl (C=O) groups excluding carboxylic acids is 1. The highest BCUT2D eigenvalue weighted by Gasteiger charge is 2.06. The van der Waals surface area contributed by atoms with Gasteiger partial charge in [0.1, 0.15) is 11.6 Å². The summed E-state index contributed by atoms with van der Waals surface area (Å²) in [5.41, 5.74) is 1.23. The van der Waals surface area contributed by atoms with E-state index in [0.717, 1.165) is 18.1 Å². The van der Waals surface area contributed by atoms with Crippen molar-refractivity contribution in [3.8, 4) is 5.75 Å². The number of rotatable bonds is 6. The number of carbonyl (C=O) groups is 1. The third-order valence-electron chi connectivity index (χ3n) is 3.06. The number of hydrogen-bond acceptors (Lipinski definition) is 4. The Balaban J connectivity index is 1.96. The van der Waals surface area contributed by atoms with Crippen molar-refractivity contribution in [3.05, 3.63) is 48.2 Å². The second kappa shape index (κ2) is 7.45. The molecule has 0 saturated heterocycles. The minimum absolute atomic E-state index is 0.174. The molecule has 5 nitrogen and oxygen atoms in total. The van der Waals surface area contributed by atoms with E-state index in [1.807, 2.05) is 12.1 Å². The summed E-state index contributed by atoms with van der Waals surface area (Å²) in [7, 11) is 1.59. The van der Waals surface area contributed by atoms with Gasteiger partial charge in [-0.3, -0.25) is 4.79 Å². The summed E-state index contributed by atoms with van der Waals surface area (Å²) in [6, 6.07) is 10.6. The molecule has 0 spiro atoms. The topological polar surface area (TPSA) is 63.2 Å². The summed E-state index contributed by atoms with van der Waals surface area (Å²) in [6.07, 6.45) is 1.64. The fraction of sp³-hybridized carbons (Fsp3) is 0.294. The lowest BCUT2D eigenvalue weighted by molar-refractivity contribution is 0.102. The Labute approximate surface area is 130 Å². The van der Waals surface area contributed by atoms with Gasteiger partial charge in [0.05, 0.1) is 19.0 Å². The number of pyridine rings is 1. The van der Waals surface area contributed by atoms with Crippen molar-refractivity contribution in [2.45, 2.75) is 13.8 Å². The van der Waals surface area contributed by atoms with Gasteiger partial charge in [-0.15, -0.1) is 0 Å². The van der Waals surface area contributed by atoms with Gasteiger partial charge in [-0.2, -0.15) is 0 Å². The van der Waals surface area contributed by atoms with E-state index >= 15 is 0 Å². The fourth-order valence-corrected chi connectivity index (χ4v) is 1.83. The molecular formula is C17H21N3O2. The molecule has 0 bridgehead atoms. The van der Waals surface area contributed by atoms with E-state index < -0.39 is 0 Å². The predicted molar refractivity (Wildman–Crippen MR) is 88.5 cm³/mol. The Bertz CT molecular complexity index is 607. The molecule has 2 aromatic rings. The van der Waals surface area contributed by atoms with Gasteiger partial charge in [0.2, 0.25) is 0 Å². The van der Waals surface area contributed by atoms with E-state index in [4.69, 9.17) is 4.74 Å². The average Bonchev–Trinajstić information content (AvgIpc) is 2.54. The Morgan fingerprint density at radius 1 is 1.18 bits per heavy atom. The van der Waals surface area contributed by atoms with Crippen molar-refractivity contribution in [1.29, 1.82) is 0 Å². The van der Waals surface area contributed by atoms with Gasteiger partial charge in [-0.25, -0.2) is 4.98 Å². The Morgan fingerprint density at radius 2 is 1.91 bits per heavy atom. The fourth-order valence-electron chi connectivity index (χ4n) is 1.83. The van der Waals surface area contributed by atoms with Gasteiger partial charge in [0.25, 0.3) is 5.91 Å². The second-order valence-electron chi connectivity index (χ2n) is 5.39. The van der Waals surface area contributed by atoms with Crippen LogP contribution in [-0.2, 0) is 0 Å². The van der Waals surface area contributed by atoms with E-state index in [1.165, 1.54) is 0 Å². The molecule has 5 heteroatoms. The van der Waals surface area contributed by atoms with Crippen molar-refractivity contribution in [2.75, 3.05) is 24.3 Å². The van der Waals surface area contributed by atoms with Crippen LogP contribution < -0.4 is 15.4 Å². The van der Waals surface area contributed by atoms with Crippen molar-refractivity contribution < 1.29 is 9.53 Å². The van der Waals surface area contributed by atoms with Crippen LogP contribution in [0, 0.1) is 5.92 Å². The lowest BCUT2D eigenvalue weighted by Gasteiger charge is -2.09. The molecule has 1 amide bonds. The summed E-state index contributed by atoms with van der Waals surface area (Å²) < 4.78 is 5.07. The zero-order valence-electron chi connectivity index (χ0n) is 13.1. The van der Waals surface area contributed by atoms with Gasteiger partial charge >= 0.3 is 0 Å². The van der Waals surface area contributed by atoms with Crippen LogP contribution in [0.3, 0.4) is 0 Å². The van der Waals surface area contributed by atoms with E-state index in [2.05, 4.69) is 29.5 Å². The highest BCUT2D eigenvalue weighted by molar-refractivity contribution is 6.04. The third kappa shape index (κ3) is 4.48. The van der Waals surface area contributed by atoms with Crippen molar-refractivity contribution in [2.24, 2.45) is 5.92 Å². The largest absolute Gasteiger partial charge is 0.497 e. The molecule has 1 aromatic heterocycles. The molecule has 0 radical (unpaired) electrons. The third-order valence-corrected chi connectivity index (χ3v) is 3.06. The van der Waals surface area contributed by atoms with Crippen LogP contribution in [0.5, 0.6) is 5.75 Å². The normalized spacial score (nSPS) is 10.4. The lowest BCUT2D eigenvalue weighted by Crippen LogP contribution is -2.12. The molecule has 0 aliphatic carbocycles. The van der Waals surface area contributed by atoms with Crippen LogP contribution in [0.2, 0.25) is 0 Å². The van der Waals surface area contributed by atoms with Crippen molar-refractivity contribution >= 4 is 17.4 Å². The first-order valence-corrected chi connectivity index (χ1v) is 7.24. The average molecular weight is 299 g/mol. The Hall–Kier alpha value is -2.56. The van der Waals surface area contributed by atoms with Crippen LogP contribution in [0.25, 0.3) is 0 Å². The van der Waals surface area contributed by atoms with Gasteiger partial charge in [0.15, 0.2) is 0 Å². The first-order valence-electron chi connectivity index (χ1n) is 7.24. The number of ether oxygens (including phenoxy) is 1. The Kier molecular flexibility index (Phi) is 5.36. The van der Waals surface area contributed by atoms with Gasteiger partial charge < -0.3 is 15.4 Å². The highest BCUT2D eigenvalue weighted by atomic mass is 16.5. The minimum Gasteiger partial charge on any atom is -0.497 e. The molecular weight excluding hydrogens is 278 g/mol. The number of methoxy groups -OCH3 is 1. The highest BCUT2D eigenvalue weighted by Crippen LogP contribution is 2.14. The van der Waals surface area contributed by atoms with Crippen LogP contribution in [-0.4, -0.2) is 24.5 Å². The van der Waals surface area contributed by atoms with Gasteiger partial charge in [-0.1, -0.05) is 13.8 Å². The molecule has 1 aromatic carbocycles. The molecule has 0 unspecified atom stereocenters. The molecule has 22 heavy (non-hydrogen) atoms. The molecule has 2 N–H and O–H groups in total. The van der Waals surface area contributed by atoms with Crippen LogP contribution >= 0.6 is 0 Å². The standard InChI is InChI=1S/C17H21N3O2/c1-12(2)10-18-16-9-6-14(11-19-16)20-17(21)13-4-7-15(22-3)8-5-13/h4-9,11-12H,10H2,1-3H3,(H,18,19)(H,20,21). The maximum absolute atomic E-state index is 12.1. The van der Waals surface area contributed by atoms with Crippen LogP contribution in [0.1, 0.15) is 24.2 Å². The number of anilines is 2. The molecule has 116 valence electrons. The van der Waals surface area contributed by atoms with Crippen molar-refractivity contribution in [1.82, 2.24) is 4.98 Å². The number of aromatic nitrogens is 1. The molecule has 1 heterocycles. The molecule has 0 aliphatic rings. The SMILES string of the molecule is COc1ccc(C(=O)Nc2ccc(NCC(C)C)nc2)cc1. The smallest absolute Gasteiger partial charge is 0.255 e. The molecule has 0 fully saturated rings. The molecule has 0 atom stereocenters. The Morgan fingerprint density at radius 3 is 2.45 bits per heavy atom. The van der Waals surface area contributed by atoms with Crippen LogP contribution in [0.15, 0.2) is 42.6 Å². The summed E-state index contributed by atoms with van der Waals surface area (Å²) in [5, 5.41) is 6.05. The molecule has 0 saturated carbocycles. The molecule has 2 rings (SSSR count). The van der Waals surface area contributed by atoms with Crippen molar-refractivity contribution in [3.63, 3.8) is 0 Å². The lowest BCUT2D eigenvalue weighted by atomic mass is 10.2. The van der Waals surface area contributed by atoms with Gasteiger partial charge in [0, 0.05) is 12.1 Å². The summed E-state index contributed by atoms with van der Waals surface area (Å²) in [6.45, 7) is 5.14. The number of nitrogens with one attached hydrogen (secondary N) is 2. The minimum atomic E-state index is -0.174. The first-order chi connectivity index (χ1) is 10.6. The summed E-state index contributed by atoms with van der Waals surface area (Å²) >= 11 is 0. The first kappa shape index (κ1) is 15.8.